The molecule has 0 aromatic heterocycles. The van der Waals surface area contributed by atoms with E-state index >= 15 is 0 Å². The van der Waals surface area contributed by atoms with Gasteiger partial charge in [0.25, 0.3) is 0 Å². The molecule has 0 bridgehead atoms. The molecule has 0 unspecified atom stereocenters. The summed E-state index contributed by atoms with van der Waals surface area (Å²) in [4.78, 5) is 37.9. The van der Waals surface area contributed by atoms with Crippen LogP contribution in [-0.4, -0.2) is 23.1 Å². The van der Waals surface area contributed by atoms with Crippen LogP contribution in [0.2, 0.25) is 0 Å². The minimum Gasteiger partial charge on any atom is -0.449 e. The molecule has 1 saturated carbocycles. The third-order valence-electron chi connectivity index (χ3n) is 5.51. The Morgan fingerprint density at radius 1 is 0.966 bits per heavy atom. The average Bonchev–Trinajstić information content (AvgIpc) is 2.99. The number of rotatable bonds is 5. The van der Waals surface area contributed by atoms with Crippen LogP contribution in [0.5, 0.6) is 11.5 Å². The average molecular weight is 392 g/mol. The lowest BCUT2D eigenvalue weighted by molar-refractivity contribution is -0.142. The van der Waals surface area contributed by atoms with Gasteiger partial charge >= 0.3 is 0 Å². The molecule has 0 radical (unpaired) electrons. The summed E-state index contributed by atoms with van der Waals surface area (Å²) in [6.45, 7) is 3.67. The molecule has 1 aliphatic carbocycles. The van der Waals surface area contributed by atoms with E-state index in [1.165, 1.54) is 0 Å². The minimum absolute atomic E-state index is 0.127. The quantitative estimate of drug-likeness (QED) is 0.719. The van der Waals surface area contributed by atoms with Crippen molar-refractivity contribution in [3.63, 3.8) is 0 Å². The molecule has 5 nitrogen and oxygen atoms in total. The van der Waals surface area contributed by atoms with E-state index in [0.29, 0.717) is 17.9 Å². The van der Waals surface area contributed by atoms with Crippen molar-refractivity contribution < 1.29 is 23.9 Å². The van der Waals surface area contributed by atoms with Gasteiger partial charge in [0.1, 0.15) is 5.92 Å². The molecule has 1 aliphatic heterocycles. The number of ketones is 3. The first-order valence-electron chi connectivity index (χ1n) is 9.96. The van der Waals surface area contributed by atoms with E-state index in [0.717, 1.165) is 11.1 Å². The van der Waals surface area contributed by atoms with Crippen molar-refractivity contribution in [3.8, 4) is 11.5 Å². The highest BCUT2D eigenvalue weighted by atomic mass is 16.7. The monoisotopic (exact) mass is 392 g/mol. The summed E-state index contributed by atoms with van der Waals surface area (Å²) in [5, 5.41) is 0. The summed E-state index contributed by atoms with van der Waals surface area (Å²) in [5.74, 6) is -1.41. The zero-order valence-corrected chi connectivity index (χ0v) is 16.6. The molecule has 1 fully saturated rings. The van der Waals surface area contributed by atoms with Gasteiger partial charge in [0, 0.05) is 33.1 Å². The first-order valence-corrected chi connectivity index (χ1v) is 9.96. The Labute approximate surface area is 170 Å². The highest BCUT2D eigenvalue weighted by molar-refractivity contribution is 6.21. The van der Waals surface area contributed by atoms with Gasteiger partial charge in [0.2, 0.25) is 5.79 Å². The van der Waals surface area contributed by atoms with Gasteiger partial charge in [-0.1, -0.05) is 36.4 Å². The fourth-order valence-electron chi connectivity index (χ4n) is 4.13. The largest absolute Gasteiger partial charge is 0.449 e. The predicted molar refractivity (Wildman–Crippen MR) is 107 cm³/mol. The molecule has 5 heteroatoms. The lowest BCUT2D eigenvalue weighted by atomic mass is 9.74. The number of hydrogen-bond donors (Lipinski definition) is 0. The normalized spacial score (nSPS) is 22.6. The van der Waals surface area contributed by atoms with Crippen LogP contribution in [0, 0.1) is 5.92 Å². The molecule has 2 aromatic rings. The zero-order valence-electron chi connectivity index (χ0n) is 16.6. The van der Waals surface area contributed by atoms with Crippen LogP contribution in [0.3, 0.4) is 0 Å². The van der Waals surface area contributed by atoms with E-state index < -0.39 is 11.7 Å². The molecular weight excluding hydrogens is 368 g/mol. The molecule has 0 spiro atoms. The van der Waals surface area contributed by atoms with Crippen molar-refractivity contribution in [2.24, 2.45) is 5.92 Å². The topological polar surface area (TPSA) is 69.7 Å². The van der Waals surface area contributed by atoms with Crippen LogP contribution in [0.4, 0.5) is 0 Å². The van der Waals surface area contributed by atoms with E-state index in [1.807, 2.05) is 62.4 Å². The van der Waals surface area contributed by atoms with Gasteiger partial charge in [0.15, 0.2) is 28.8 Å². The van der Waals surface area contributed by atoms with Crippen molar-refractivity contribution in [2.75, 3.05) is 0 Å². The summed E-state index contributed by atoms with van der Waals surface area (Å²) >= 11 is 0. The summed E-state index contributed by atoms with van der Waals surface area (Å²) < 4.78 is 11.4. The maximum atomic E-state index is 12.7. The Bertz CT molecular complexity index is 942. The Morgan fingerprint density at radius 2 is 1.62 bits per heavy atom. The SMILES string of the molecule is CC1(C)Oc2ccc(CCC(=O)C3C(=O)CC(c4ccccc4)CC3=O)cc2O1. The molecule has 2 aliphatic rings. The van der Waals surface area contributed by atoms with Crippen LogP contribution < -0.4 is 9.47 Å². The molecule has 0 atom stereocenters. The molecule has 0 N–H and O–H groups in total. The maximum Gasteiger partial charge on any atom is 0.246 e. The zero-order chi connectivity index (χ0) is 20.6. The number of aryl methyl sites for hydroxylation is 1. The predicted octanol–water partition coefficient (Wildman–Crippen LogP) is 4.03. The van der Waals surface area contributed by atoms with Crippen LogP contribution in [0.1, 0.15) is 50.2 Å². The first kappa shape index (κ1) is 19.4. The highest BCUT2D eigenvalue weighted by Crippen LogP contribution is 2.40. The number of benzene rings is 2. The summed E-state index contributed by atoms with van der Waals surface area (Å²) in [7, 11) is 0. The van der Waals surface area contributed by atoms with Crippen molar-refractivity contribution in [2.45, 2.75) is 51.2 Å². The molecule has 2 aromatic carbocycles. The minimum atomic E-state index is -1.11. The Balaban J connectivity index is 1.38. The number of fused-ring (bicyclic) bond motifs is 1. The van der Waals surface area contributed by atoms with E-state index in [4.69, 9.17) is 9.47 Å². The lowest BCUT2D eigenvalue weighted by Gasteiger charge is -2.26. The van der Waals surface area contributed by atoms with E-state index in [-0.39, 0.29) is 42.5 Å². The van der Waals surface area contributed by atoms with E-state index in [1.54, 1.807) is 0 Å². The van der Waals surface area contributed by atoms with Crippen molar-refractivity contribution >= 4 is 17.3 Å². The molecule has 0 amide bonds. The fourth-order valence-corrected chi connectivity index (χ4v) is 4.13. The lowest BCUT2D eigenvalue weighted by Crippen LogP contribution is -2.38. The van der Waals surface area contributed by atoms with Gasteiger partial charge in [-0.2, -0.15) is 0 Å². The molecular formula is C24H24O5. The smallest absolute Gasteiger partial charge is 0.246 e. The molecule has 4 rings (SSSR count). The number of ether oxygens (including phenoxy) is 2. The third-order valence-corrected chi connectivity index (χ3v) is 5.51. The molecule has 1 heterocycles. The molecule has 29 heavy (non-hydrogen) atoms. The number of carbonyl (C=O) groups is 3. The van der Waals surface area contributed by atoms with Crippen molar-refractivity contribution in [3.05, 3.63) is 59.7 Å². The van der Waals surface area contributed by atoms with Gasteiger partial charge in [0.05, 0.1) is 0 Å². The van der Waals surface area contributed by atoms with Gasteiger partial charge in [-0.15, -0.1) is 0 Å². The number of Topliss-reactive ketones (excluding diaryl/α,β-unsaturated/α-hetero) is 3. The third kappa shape index (κ3) is 4.09. The van der Waals surface area contributed by atoms with Gasteiger partial charge in [-0.3, -0.25) is 14.4 Å². The standard InChI is InChI=1S/C24H24O5/c1-24(2)28-21-11-9-15(12-22(21)29-24)8-10-18(25)23-19(26)13-17(14-20(23)27)16-6-4-3-5-7-16/h3-7,9,11-12,17,23H,8,10,13-14H2,1-2H3. The van der Waals surface area contributed by atoms with Gasteiger partial charge in [-0.25, -0.2) is 0 Å². The summed E-state index contributed by atoms with van der Waals surface area (Å²) in [6, 6.07) is 15.1. The van der Waals surface area contributed by atoms with Crippen LogP contribution in [0.15, 0.2) is 48.5 Å². The second-order valence-electron chi connectivity index (χ2n) is 8.23. The Hall–Kier alpha value is -2.95. The van der Waals surface area contributed by atoms with Crippen LogP contribution >= 0.6 is 0 Å². The first-order chi connectivity index (χ1) is 13.8. The number of carbonyl (C=O) groups excluding carboxylic acids is 3. The Morgan fingerprint density at radius 3 is 2.31 bits per heavy atom. The van der Waals surface area contributed by atoms with Crippen molar-refractivity contribution in [1.82, 2.24) is 0 Å². The maximum absolute atomic E-state index is 12.7. The van der Waals surface area contributed by atoms with Crippen molar-refractivity contribution in [1.29, 1.82) is 0 Å². The molecule has 150 valence electrons. The van der Waals surface area contributed by atoms with Crippen LogP contribution in [0.25, 0.3) is 0 Å². The van der Waals surface area contributed by atoms with E-state index in [2.05, 4.69) is 0 Å². The second-order valence-corrected chi connectivity index (χ2v) is 8.23. The Kier molecular flexibility index (Phi) is 4.99. The fraction of sp³-hybridized carbons (Fsp3) is 0.375. The second kappa shape index (κ2) is 7.47. The van der Waals surface area contributed by atoms with Gasteiger partial charge in [-0.05, 0) is 35.6 Å². The van der Waals surface area contributed by atoms with Gasteiger partial charge < -0.3 is 9.47 Å². The van der Waals surface area contributed by atoms with Crippen LogP contribution in [-0.2, 0) is 20.8 Å². The molecule has 0 saturated heterocycles. The van der Waals surface area contributed by atoms with E-state index in [9.17, 15) is 14.4 Å². The highest BCUT2D eigenvalue weighted by Gasteiger charge is 2.40. The summed E-state index contributed by atoms with van der Waals surface area (Å²) in [6.07, 6.45) is 1.09. The number of hydrogen-bond acceptors (Lipinski definition) is 5. The summed E-state index contributed by atoms with van der Waals surface area (Å²) in [5.41, 5.74) is 1.89.